The van der Waals surface area contributed by atoms with Gasteiger partial charge in [-0.05, 0) is 37.3 Å². The number of rotatable bonds is 3. The van der Waals surface area contributed by atoms with Gasteiger partial charge in [-0.3, -0.25) is 4.98 Å². The van der Waals surface area contributed by atoms with Crippen LogP contribution in [0.15, 0.2) is 36.4 Å². The molecule has 0 aliphatic heterocycles. The van der Waals surface area contributed by atoms with Gasteiger partial charge in [-0.1, -0.05) is 19.9 Å². The van der Waals surface area contributed by atoms with Gasteiger partial charge in [0.2, 0.25) is 0 Å². The minimum absolute atomic E-state index is 0.350. The van der Waals surface area contributed by atoms with Crippen LogP contribution < -0.4 is 5.73 Å². The molecule has 2 heterocycles. The van der Waals surface area contributed by atoms with Crippen LogP contribution in [0.1, 0.15) is 37.0 Å². The molecule has 0 bridgehead atoms. The van der Waals surface area contributed by atoms with E-state index in [1.807, 2.05) is 37.3 Å². The van der Waals surface area contributed by atoms with E-state index < -0.39 is 0 Å². The SMILES string of the molecule is Cc1cccc(Cn2c(C(C)C)nc3cc(N)ccc32)n1. The van der Waals surface area contributed by atoms with Crippen molar-refractivity contribution in [3.63, 3.8) is 0 Å². The van der Waals surface area contributed by atoms with Crippen molar-refractivity contribution in [3.8, 4) is 0 Å². The number of hydrogen-bond acceptors (Lipinski definition) is 3. The van der Waals surface area contributed by atoms with Crippen molar-refractivity contribution in [2.24, 2.45) is 0 Å². The third-order valence-corrected chi connectivity index (χ3v) is 3.58. The van der Waals surface area contributed by atoms with E-state index in [4.69, 9.17) is 10.7 Å². The summed E-state index contributed by atoms with van der Waals surface area (Å²) in [6, 6.07) is 12.0. The molecular formula is C17H20N4. The monoisotopic (exact) mass is 280 g/mol. The van der Waals surface area contributed by atoms with E-state index >= 15 is 0 Å². The molecule has 0 fully saturated rings. The van der Waals surface area contributed by atoms with E-state index in [2.05, 4.69) is 29.5 Å². The van der Waals surface area contributed by atoms with E-state index in [-0.39, 0.29) is 0 Å². The van der Waals surface area contributed by atoms with Gasteiger partial charge in [-0.15, -0.1) is 0 Å². The molecule has 0 radical (unpaired) electrons. The number of benzene rings is 1. The maximum atomic E-state index is 5.87. The Balaban J connectivity index is 2.13. The van der Waals surface area contributed by atoms with E-state index in [0.717, 1.165) is 40.5 Å². The number of aromatic nitrogens is 3. The molecule has 108 valence electrons. The van der Waals surface area contributed by atoms with Gasteiger partial charge in [-0.2, -0.15) is 0 Å². The molecule has 4 heteroatoms. The standard InChI is InChI=1S/C17H20N4/c1-11(2)17-20-15-9-13(18)7-8-16(15)21(17)10-14-6-4-5-12(3)19-14/h4-9,11H,10,18H2,1-3H3. The zero-order valence-corrected chi connectivity index (χ0v) is 12.7. The van der Waals surface area contributed by atoms with Crippen LogP contribution in [0.25, 0.3) is 11.0 Å². The van der Waals surface area contributed by atoms with Gasteiger partial charge in [-0.25, -0.2) is 4.98 Å². The van der Waals surface area contributed by atoms with Gasteiger partial charge < -0.3 is 10.3 Å². The average molecular weight is 280 g/mol. The van der Waals surface area contributed by atoms with Gasteiger partial charge >= 0.3 is 0 Å². The van der Waals surface area contributed by atoms with Crippen LogP contribution in [0, 0.1) is 6.92 Å². The number of imidazole rings is 1. The van der Waals surface area contributed by atoms with E-state index in [1.165, 1.54) is 0 Å². The first kappa shape index (κ1) is 13.6. The van der Waals surface area contributed by atoms with Crippen molar-refractivity contribution in [2.75, 3.05) is 5.73 Å². The molecule has 0 saturated heterocycles. The summed E-state index contributed by atoms with van der Waals surface area (Å²) in [6.45, 7) is 7.06. The van der Waals surface area contributed by atoms with Gasteiger partial charge in [0.1, 0.15) is 5.82 Å². The van der Waals surface area contributed by atoms with Crippen LogP contribution in [-0.2, 0) is 6.54 Å². The van der Waals surface area contributed by atoms with Crippen LogP contribution in [-0.4, -0.2) is 14.5 Å². The Morgan fingerprint density at radius 3 is 2.67 bits per heavy atom. The first-order chi connectivity index (χ1) is 10.0. The fourth-order valence-corrected chi connectivity index (χ4v) is 2.62. The molecule has 3 aromatic rings. The first-order valence-corrected chi connectivity index (χ1v) is 7.23. The highest BCUT2D eigenvalue weighted by Crippen LogP contribution is 2.24. The largest absolute Gasteiger partial charge is 0.399 e. The maximum absolute atomic E-state index is 5.87. The van der Waals surface area contributed by atoms with Crippen molar-refractivity contribution in [1.82, 2.24) is 14.5 Å². The molecule has 1 aromatic carbocycles. The number of anilines is 1. The van der Waals surface area contributed by atoms with Crippen molar-refractivity contribution in [1.29, 1.82) is 0 Å². The van der Waals surface area contributed by atoms with E-state index in [0.29, 0.717) is 5.92 Å². The smallest absolute Gasteiger partial charge is 0.112 e. The van der Waals surface area contributed by atoms with Gasteiger partial charge in [0.25, 0.3) is 0 Å². The fraction of sp³-hybridized carbons (Fsp3) is 0.294. The van der Waals surface area contributed by atoms with Gasteiger partial charge in [0.05, 0.1) is 23.3 Å². The van der Waals surface area contributed by atoms with Crippen molar-refractivity contribution in [2.45, 2.75) is 33.2 Å². The Morgan fingerprint density at radius 2 is 1.95 bits per heavy atom. The summed E-state index contributed by atoms with van der Waals surface area (Å²) in [5, 5.41) is 0. The number of aryl methyl sites for hydroxylation is 1. The molecule has 4 nitrogen and oxygen atoms in total. The molecule has 0 unspecified atom stereocenters. The molecule has 0 amide bonds. The molecule has 0 aliphatic rings. The van der Waals surface area contributed by atoms with Crippen molar-refractivity contribution < 1.29 is 0 Å². The number of nitrogen functional groups attached to an aromatic ring is 1. The highest BCUT2D eigenvalue weighted by atomic mass is 15.1. The number of nitrogens with zero attached hydrogens (tertiary/aromatic N) is 3. The molecule has 0 saturated carbocycles. The number of fused-ring (bicyclic) bond motifs is 1. The van der Waals surface area contributed by atoms with Crippen LogP contribution in [0.2, 0.25) is 0 Å². The summed E-state index contributed by atoms with van der Waals surface area (Å²) in [5.74, 6) is 1.42. The lowest BCUT2D eigenvalue weighted by molar-refractivity contribution is 0.674. The lowest BCUT2D eigenvalue weighted by atomic mass is 10.2. The minimum Gasteiger partial charge on any atom is -0.399 e. The summed E-state index contributed by atoms with van der Waals surface area (Å²) >= 11 is 0. The molecule has 0 spiro atoms. The minimum atomic E-state index is 0.350. The third-order valence-electron chi connectivity index (χ3n) is 3.58. The zero-order chi connectivity index (χ0) is 15.0. The first-order valence-electron chi connectivity index (χ1n) is 7.23. The maximum Gasteiger partial charge on any atom is 0.112 e. The Bertz CT molecular complexity index is 787. The van der Waals surface area contributed by atoms with Crippen LogP contribution >= 0.6 is 0 Å². The zero-order valence-electron chi connectivity index (χ0n) is 12.7. The van der Waals surface area contributed by atoms with Crippen LogP contribution in [0.3, 0.4) is 0 Å². The van der Waals surface area contributed by atoms with Gasteiger partial charge in [0.15, 0.2) is 0 Å². The lowest BCUT2D eigenvalue weighted by Gasteiger charge is -2.11. The lowest BCUT2D eigenvalue weighted by Crippen LogP contribution is -2.08. The van der Waals surface area contributed by atoms with E-state index in [1.54, 1.807) is 0 Å². The Kier molecular flexibility index (Phi) is 3.37. The Labute approximate surface area is 124 Å². The predicted octanol–water partition coefficient (Wildman–Crippen LogP) is 3.49. The second-order valence-corrected chi connectivity index (χ2v) is 5.73. The summed E-state index contributed by atoms with van der Waals surface area (Å²) in [4.78, 5) is 9.35. The molecular weight excluding hydrogens is 260 g/mol. The number of nitrogens with two attached hydrogens (primary N) is 1. The second kappa shape index (κ2) is 5.20. The molecule has 3 rings (SSSR count). The molecule has 2 N–H and O–H groups in total. The Morgan fingerprint density at radius 1 is 1.14 bits per heavy atom. The molecule has 2 aromatic heterocycles. The van der Waals surface area contributed by atoms with Crippen molar-refractivity contribution >= 4 is 16.7 Å². The Hall–Kier alpha value is -2.36. The molecule has 0 aliphatic carbocycles. The second-order valence-electron chi connectivity index (χ2n) is 5.73. The summed E-state index contributed by atoms with van der Waals surface area (Å²) < 4.78 is 2.24. The normalized spacial score (nSPS) is 11.4. The number of hydrogen-bond donors (Lipinski definition) is 1. The number of pyridine rings is 1. The third kappa shape index (κ3) is 2.61. The van der Waals surface area contributed by atoms with Crippen LogP contribution in [0.4, 0.5) is 5.69 Å². The topological polar surface area (TPSA) is 56.7 Å². The summed E-state index contributed by atoms with van der Waals surface area (Å²) in [7, 11) is 0. The van der Waals surface area contributed by atoms with Crippen LogP contribution in [0.5, 0.6) is 0 Å². The highest BCUT2D eigenvalue weighted by molar-refractivity contribution is 5.79. The van der Waals surface area contributed by atoms with E-state index in [9.17, 15) is 0 Å². The van der Waals surface area contributed by atoms with Crippen molar-refractivity contribution in [3.05, 3.63) is 53.6 Å². The summed E-state index contributed by atoms with van der Waals surface area (Å²) in [5.41, 5.74) is 10.8. The molecule has 0 atom stereocenters. The predicted molar refractivity (Wildman–Crippen MR) is 86.3 cm³/mol. The fourth-order valence-electron chi connectivity index (χ4n) is 2.62. The average Bonchev–Trinajstić information content (AvgIpc) is 2.77. The summed E-state index contributed by atoms with van der Waals surface area (Å²) in [6.07, 6.45) is 0. The molecule has 21 heavy (non-hydrogen) atoms. The highest BCUT2D eigenvalue weighted by Gasteiger charge is 2.14. The van der Waals surface area contributed by atoms with Gasteiger partial charge in [0, 0.05) is 17.3 Å². The quantitative estimate of drug-likeness (QED) is 0.747.